The van der Waals surface area contributed by atoms with Gasteiger partial charge in [0, 0.05) is 31.6 Å². The quantitative estimate of drug-likeness (QED) is 0.833. The van der Waals surface area contributed by atoms with Crippen LogP contribution in [0.5, 0.6) is 0 Å². The lowest BCUT2D eigenvalue weighted by molar-refractivity contribution is -0.143. The molecule has 2 aromatic rings. The SMILES string of the molecule is CCC(CC)(CN)C(=O)N1CCCC(c2nc3ccccc3n2C(C)C)C1. The molecular weight excluding hydrogens is 336 g/mol. The van der Waals surface area contributed by atoms with Gasteiger partial charge in [-0.3, -0.25) is 4.79 Å². The third-order valence-electron chi connectivity index (χ3n) is 6.41. The molecule has 0 spiro atoms. The number of aromatic nitrogens is 2. The van der Waals surface area contributed by atoms with Crippen LogP contribution in [-0.2, 0) is 4.79 Å². The zero-order valence-electron chi connectivity index (χ0n) is 17.2. The van der Waals surface area contributed by atoms with E-state index in [4.69, 9.17) is 10.7 Å². The molecule has 1 unspecified atom stereocenters. The average molecular weight is 371 g/mol. The third-order valence-corrected chi connectivity index (χ3v) is 6.41. The monoisotopic (exact) mass is 370 g/mol. The van der Waals surface area contributed by atoms with Crippen LogP contribution in [0.25, 0.3) is 11.0 Å². The summed E-state index contributed by atoms with van der Waals surface area (Å²) in [5.41, 5.74) is 7.85. The molecule has 2 N–H and O–H groups in total. The summed E-state index contributed by atoms with van der Waals surface area (Å²) in [5.74, 6) is 1.63. The smallest absolute Gasteiger partial charge is 0.230 e. The second-order valence-corrected chi connectivity index (χ2v) is 8.20. The average Bonchev–Trinajstić information content (AvgIpc) is 3.09. The first kappa shape index (κ1) is 19.9. The number of carbonyl (C=O) groups is 1. The second kappa shape index (κ2) is 8.01. The van der Waals surface area contributed by atoms with Crippen molar-refractivity contribution < 1.29 is 4.79 Å². The maximum Gasteiger partial charge on any atom is 0.230 e. The molecule has 148 valence electrons. The van der Waals surface area contributed by atoms with E-state index < -0.39 is 5.41 Å². The van der Waals surface area contributed by atoms with Crippen LogP contribution in [0.2, 0.25) is 0 Å². The fourth-order valence-electron chi connectivity index (χ4n) is 4.53. The Morgan fingerprint density at radius 1 is 1.30 bits per heavy atom. The number of likely N-dealkylation sites (tertiary alicyclic amines) is 1. The predicted octanol–water partition coefficient (Wildman–Crippen LogP) is 4.09. The number of imidazole rings is 1. The highest BCUT2D eigenvalue weighted by atomic mass is 16.2. The van der Waals surface area contributed by atoms with E-state index in [1.807, 2.05) is 6.07 Å². The Bertz CT molecular complexity index is 782. The van der Waals surface area contributed by atoms with E-state index in [1.165, 1.54) is 5.52 Å². The van der Waals surface area contributed by atoms with E-state index in [9.17, 15) is 4.79 Å². The van der Waals surface area contributed by atoms with Gasteiger partial charge in [0.25, 0.3) is 0 Å². The van der Waals surface area contributed by atoms with E-state index in [2.05, 4.69) is 55.4 Å². The van der Waals surface area contributed by atoms with Gasteiger partial charge in [0.2, 0.25) is 5.91 Å². The Balaban J connectivity index is 1.92. The molecule has 1 aliphatic heterocycles. The standard InChI is InChI=1S/C22H34N4O/c1-5-22(6-2,15-23)21(27)25-13-9-10-17(14-25)20-24-18-11-7-8-12-19(18)26(20)16(3)4/h7-8,11-12,16-17H,5-6,9-10,13-15,23H2,1-4H3. The summed E-state index contributed by atoms with van der Waals surface area (Å²) in [5, 5.41) is 0. The topological polar surface area (TPSA) is 64.2 Å². The molecular formula is C22H34N4O. The number of benzene rings is 1. The highest BCUT2D eigenvalue weighted by Crippen LogP contribution is 2.34. The summed E-state index contributed by atoms with van der Waals surface area (Å²) in [6, 6.07) is 8.68. The molecule has 3 rings (SSSR count). The summed E-state index contributed by atoms with van der Waals surface area (Å²) in [7, 11) is 0. The van der Waals surface area contributed by atoms with Crippen molar-refractivity contribution in [2.45, 2.75) is 65.3 Å². The fourth-order valence-corrected chi connectivity index (χ4v) is 4.53. The first-order chi connectivity index (χ1) is 13.0. The van der Waals surface area contributed by atoms with Gasteiger partial charge < -0.3 is 15.2 Å². The molecule has 1 atom stereocenters. The summed E-state index contributed by atoms with van der Waals surface area (Å²) >= 11 is 0. The Hall–Kier alpha value is -1.88. The zero-order valence-corrected chi connectivity index (χ0v) is 17.2. The van der Waals surface area contributed by atoms with Crippen molar-refractivity contribution >= 4 is 16.9 Å². The van der Waals surface area contributed by atoms with Gasteiger partial charge in [-0.25, -0.2) is 4.98 Å². The van der Waals surface area contributed by atoms with Crippen molar-refractivity contribution in [2.24, 2.45) is 11.1 Å². The lowest BCUT2D eigenvalue weighted by atomic mass is 9.80. The summed E-state index contributed by atoms with van der Waals surface area (Å²) in [4.78, 5) is 20.3. The number of nitrogens with zero attached hydrogens (tertiary/aromatic N) is 3. The minimum absolute atomic E-state index is 0.229. The lowest BCUT2D eigenvalue weighted by Crippen LogP contribution is -2.50. The lowest BCUT2D eigenvalue weighted by Gasteiger charge is -2.39. The molecule has 1 aromatic heterocycles. The number of amides is 1. The molecule has 0 bridgehead atoms. The highest BCUT2D eigenvalue weighted by Gasteiger charge is 2.39. The molecule has 1 fully saturated rings. The minimum atomic E-state index is -0.417. The van der Waals surface area contributed by atoms with Gasteiger partial charge in [-0.15, -0.1) is 0 Å². The summed E-state index contributed by atoms with van der Waals surface area (Å²) in [6.07, 6.45) is 3.69. The van der Waals surface area contributed by atoms with Crippen molar-refractivity contribution in [3.05, 3.63) is 30.1 Å². The van der Waals surface area contributed by atoms with Gasteiger partial charge in [0.1, 0.15) is 5.82 Å². The Labute approximate surface area is 162 Å². The number of fused-ring (bicyclic) bond motifs is 1. The Morgan fingerprint density at radius 2 is 2.00 bits per heavy atom. The molecule has 1 aromatic carbocycles. The van der Waals surface area contributed by atoms with E-state index >= 15 is 0 Å². The van der Waals surface area contributed by atoms with Crippen LogP contribution in [0.15, 0.2) is 24.3 Å². The van der Waals surface area contributed by atoms with Crippen molar-refractivity contribution in [3.63, 3.8) is 0 Å². The normalized spacial score (nSPS) is 18.4. The molecule has 5 heteroatoms. The predicted molar refractivity (Wildman–Crippen MR) is 111 cm³/mol. The maximum absolute atomic E-state index is 13.3. The third kappa shape index (κ3) is 3.49. The van der Waals surface area contributed by atoms with Gasteiger partial charge in [0.05, 0.1) is 16.4 Å². The van der Waals surface area contributed by atoms with Crippen LogP contribution in [0, 0.1) is 5.41 Å². The first-order valence-corrected chi connectivity index (χ1v) is 10.4. The van der Waals surface area contributed by atoms with E-state index in [0.717, 1.165) is 50.1 Å². The molecule has 0 aliphatic carbocycles. The van der Waals surface area contributed by atoms with Crippen molar-refractivity contribution in [1.82, 2.24) is 14.5 Å². The van der Waals surface area contributed by atoms with Crippen LogP contribution in [-0.4, -0.2) is 40.0 Å². The number of nitrogens with two attached hydrogens (primary N) is 1. The zero-order chi connectivity index (χ0) is 19.6. The van der Waals surface area contributed by atoms with Crippen molar-refractivity contribution in [3.8, 4) is 0 Å². The number of carbonyl (C=O) groups excluding carboxylic acids is 1. The number of para-hydroxylation sites is 2. The number of piperidine rings is 1. The van der Waals surface area contributed by atoms with E-state index in [0.29, 0.717) is 12.6 Å². The molecule has 27 heavy (non-hydrogen) atoms. The van der Waals surface area contributed by atoms with Crippen LogP contribution in [0.3, 0.4) is 0 Å². The highest BCUT2D eigenvalue weighted by molar-refractivity contribution is 5.83. The summed E-state index contributed by atoms with van der Waals surface area (Å²) in [6.45, 7) is 10.6. The molecule has 0 saturated carbocycles. The largest absolute Gasteiger partial charge is 0.341 e. The molecule has 1 saturated heterocycles. The van der Waals surface area contributed by atoms with Gasteiger partial charge >= 0.3 is 0 Å². The van der Waals surface area contributed by atoms with Gasteiger partial charge in [-0.05, 0) is 51.7 Å². The van der Waals surface area contributed by atoms with E-state index in [-0.39, 0.29) is 11.8 Å². The minimum Gasteiger partial charge on any atom is -0.341 e. The molecule has 1 aliphatic rings. The van der Waals surface area contributed by atoms with Gasteiger partial charge in [-0.2, -0.15) is 0 Å². The molecule has 2 heterocycles. The molecule has 0 radical (unpaired) electrons. The van der Waals surface area contributed by atoms with Crippen LogP contribution >= 0.6 is 0 Å². The number of hydrogen-bond acceptors (Lipinski definition) is 3. The second-order valence-electron chi connectivity index (χ2n) is 8.20. The number of rotatable bonds is 6. The molecule has 5 nitrogen and oxygen atoms in total. The molecule has 1 amide bonds. The van der Waals surface area contributed by atoms with Crippen molar-refractivity contribution in [2.75, 3.05) is 19.6 Å². The van der Waals surface area contributed by atoms with Gasteiger partial charge in [-0.1, -0.05) is 26.0 Å². The fraction of sp³-hybridized carbons (Fsp3) is 0.636. The maximum atomic E-state index is 13.3. The Kier molecular flexibility index (Phi) is 5.89. The van der Waals surface area contributed by atoms with Crippen molar-refractivity contribution in [1.29, 1.82) is 0 Å². The summed E-state index contributed by atoms with van der Waals surface area (Å²) < 4.78 is 2.35. The Morgan fingerprint density at radius 3 is 2.63 bits per heavy atom. The van der Waals surface area contributed by atoms with Gasteiger partial charge in [0.15, 0.2) is 0 Å². The number of hydrogen-bond donors (Lipinski definition) is 1. The first-order valence-electron chi connectivity index (χ1n) is 10.4. The van der Waals surface area contributed by atoms with E-state index in [1.54, 1.807) is 0 Å². The van der Waals surface area contributed by atoms with Crippen LogP contribution < -0.4 is 5.73 Å². The van der Waals surface area contributed by atoms with Crippen LogP contribution in [0.1, 0.15) is 71.2 Å². The van der Waals surface area contributed by atoms with Crippen LogP contribution in [0.4, 0.5) is 0 Å².